The summed E-state index contributed by atoms with van der Waals surface area (Å²) in [4.78, 5) is 10.3. The second-order valence-corrected chi connectivity index (χ2v) is 4.21. The Hall–Kier alpha value is -1.68. The van der Waals surface area contributed by atoms with E-state index in [-0.39, 0.29) is 5.82 Å². The summed E-state index contributed by atoms with van der Waals surface area (Å²) in [5, 5.41) is 0.378. The van der Waals surface area contributed by atoms with Crippen LogP contribution in [0, 0.1) is 5.82 Å². The zero-order valence-corrected chi connectivity index (χ0v) is 10.7. The van der Waals surface area contributed by atoms with E-state index in [9.17, 15) is 4.39 Å². The minimum Gasteiger partial charge on any atom is -0.366 e. The van der Waals surface area contributed by atoms with E-state index >= 15 is 0 Å². The molecule has 0 unspecified atom stereocenters. The summed E-state index contributed by atoms with van der Waals surface area (Å²) in [5.74, 6) is -0.235. The highest BCUT2D eigenvalue weighted by Crippen LogP contribution is 2.16. The molecule has 0 aliphatic carbocycles. The lowest BCUT2D eigenvalue weighted by molar-refractivity contribution is 0.627. The first kappa shape index (κ1) is 12.8. The third-order valence-corrected chi connectivity index (χ3v) is 2.80. The van der Waals surface area contributed by atoms with Gasteiger partial charge < -0.3 is 4.90 Å². The van der Waals surface area contributed by atoms with Gasteiger partial charge in [-0.15, -0.1) is 0 Å². The molecule has 2 aromatic rings. The van der Waals surface area contributed by atoms with Crippen molar-refractivity contribution in [3.63, 3.8) is 0 Å². The van der Waals surface area contributed by atoms with Crippen molar-refractivity contribution < 1.29 is 4.39 Å². The fourth-order valence-electron chi connectivity index (χ4n) is 1.65. The third-order valence-electron chi connectivity index (χ3n) is 2.60. The predicted octanol–water partition coefficient (Wildman–Crippen LogP) is 3.30. The molecule has 3 nitrogen and oxygen atoms in total. The molecule has 94 valence electrons. The van der Waals surface area contributed by atoms with Crippen LogP contribution < -0.4 is 4.90 Å². The molecule has 0 aliphatic heterocycles. The second kappa shape index (κ2) is 5.78. The number of aromatic nitrogens is 2. The van der Waals surface area contributed by atoms with E-state index in [1.807, 2.05) is 6.92 Å². The molecule has 0 saturated heterocycles. The number of hydrogen-bond donors (Lipinski definition) is 0. The molecule has 2 rings (SSSR count). The van der Waals surface area contributed by atoms with Gasteiger partial charge in [-0.1, -0.05) is 11.6 Å². The summed E-state index contributed by atoms with van der Waals surface area (Å²) in [5.41, 5.74) is 1.78. The number of benzene rings is 1. The topological polar surface area (TPSA) is 29.0 Å². The van der Waals surface area contributed by atoms with Crippen LogP contribution in [-0.2, 0) is 6.54 Å². The van der Waals surface area contributed by atoms with E-state index < -0.39 is 0 Å². The van der Waals surface area contributed by atoms with Crippen LogP contribution in [0.1, 0.15) is 12.6 Å². The molecule has 0 atom stereocenters. The highest BCUT2D eigenvalue weighted by Gasteiger charge is 2.06. The molecule has 0 saturated carbocycles. The molecule has 0 amide bonds. The quantitative estimate of drug-likeness (QED) is 0.849. The van der Waals surface area contributed by atoms with Gasteiger partial charge in [0, 0.05) is 12.2 Å². The van der Waals surface area contributed by atoms with Gasteiger partial charge in [-0.2, -0.15) is 0 Å². The van der Waals surface area contributed by atoms with Gasteiger partial charge in [-0.25, -0.2) is 9.37 Å². The van der Waals surface area contributed by atoms with Gasteiger partial charge in [0.15, 0.2) is 0 Å². The smallest absolute Gasteiger partial charge is 0.147 e. The van der Waals surface area contributed by atoms with E-state index in [1.54, 1.807) is 18.3 Å². The van der Waals surface area contributed by atoms with E-state index in [0.717, 1.165) is 17.9 Å². The van der Waals surface area contributed by atoms with Gasteiger partial charge >= 0.3 is 0 Å². The monoisotopic (exact) mass is 265 g/mol. The maximum absolute atomic E-state index is 12.9. The molecular weight excluding hydrogens is 253 g/mol. The summed E-state index contributed by atoms with van der Waals surface area (Å²) in [6.45, 7) is 3.45. The molecule has 1 aromatic heterocycles. The van der Waals surface area contributed by atoms with E-state index in [1.165, 1.54) is 18.3 Å². The molecule has 0 N–H and O–H groups in total. The molecule has 0 aliphatic rings. The van der Waals surface area contributed by atoms with E-state index in [2.05, 4.69) is 14.9 Å². The van der Waals surface area contributed by atoms with Gasteiger partial charge in [0.25, 0.3) is 0 Å². The van der Waals surface area contributed by atoms with Crippen LogP contribution in [0.25, 0.3) is 0 Å². The lowest BCUT2D eigenvalue weighted by Crippen LogP contribution is -2.22. The maximum atomic E-state index is 12.9. The van der Waals surface area contributed by atoms with Crippen molar-refractivity contribution in [1.82, 2.24) is 9.97 Å². The van der Waals surface area contributed by atoms with Crippen LogP contribution in [-0.4, -0.2) is 16.5 Å². The molecule has 0 bridgehead atoms. The third kappa shape index (κ3) is 3.17. The number of hydrogen-bond acceptors (Lipinski definition) is 3. The summed E-state index contributed by atoms with van der Waals surface area (Å²) in [7, 11) is 0. The molecular formula is C13H13ClFN3. The lowest BCUT2D eigenvalue weighted by Gasteiger charge is -2.22. The van der Waals surface area contributed by atoms with Crippen molar-refractivity contribution in [2.24, 2.45) is 0 Å². The maximum Gasteiger partial charge on any atom is 0.147 e. The van der Waals surface area contributed by atoms with Gasteiger partial charge in [-0.05, 0) is 31.2 Å². The van der Waals surface area contributed by atoms with Gasteiger partial charge in [0.05, 0.1) is 24.6 Å². The number of anilines is 1. The average molecular weight is 266 g/mol. The van der Waals surface area contributed by atoms with Crippen LogP contribution in [0.2, 0.25) is 5.15 Å². The van der Waals surface area contributed by atoms with Crippen LogP contribution >= 0.6 is 11.6 Å². The number of rotatable bonds is 4. The highest BCUT2D eigenvalue weighted by molar-refractivity contribution is 6.29. The largest absolute Gasteiger partial charge is 0.366 e. The van der Waals surface area contributed by atoms with Crippen LogP contribution in [0.15, 0.2) is 36.7 Å². The Balaban J connectivity index is 2.14. The van der Waals surface area contributed by atoms with E-state index in [4.69, 9.17) is 11.6 Å². The van der Waals surface area contributed by atoms with Crippen LogP contribution in [0.5, 0.6) is 0 Å². The summed E-state index contributed by atoms with van der Waals surface area (Å²) < 4.78 is 12.9. The Bertz CT molecular complexity index is 499. The van der Waals surface area contributed by atoms with Crippen molar-refractivity contribution in [2.45, 2.75) is 13.5 Å². The fourth-order valence-corrected chi connectivity index (χ4v) is 1.75. The van der Waals surface area contributed by atoms with Crippen molar-refractivity contribution in [3.8, 4) is 0 Å². The SMILES string of the molecule is CCN(Cc1cnc(Cl)cn1)c1ccc(F)cc1. The minimum absolute atomic E-state index is 0.235. The molecule has 5 heteroatoms. The van der Waals surface area contributed by atoms with E-state index in [0.29, 0.717) is 11.7 Å². The van der Waals surface area contributed by atoms with Gasteiger partial charge in [-0.3, -0.25) is 4.98 Å². The molecule has 1 heterocycles. The first-order valence-corrected chi connectivity index (χ1v) is 6.03. The normalized spacial score (nSPS) is 10.4. The summed E-state index contributed by atoms with van der Waals surface area (Å²) >= 11 is 5.69. The Morgan fingerprint density at radius 1 is 1.17 bits per heavy atom. The number of nitrogens with zero attached hydrogens (tertiary/aromatic N) is 3. The molecule has 0 radical (unpaired) electrons. The molecule has 1 aromatic carbocycles. The Morgan fingerprint density at radius 2 is 1.89 bits per heavy atom. The van der Waals surface area contributed by atoms with Gasteiger partial charge in [0.1, 0.15) is 11.0 Å². The van der Waals surface area contributed by atoms with Crippen LogP contribution in [0.3, 0.4) is 0 Å². The summed E-state index contributed by atoms with van der Waals surface area (Å²) in [6.07, 6.45) is 3.17. The predicted molar refractivity (Wildman–Crippen MR) is 70.2 cm³/mol. The average Bonchev–Trinajstić information content (AvgIpc) is 2.39. The van der Waals surface area contributed by atoms with Crippen molar-refractivity contribution in [2.75, 3.05) is 11.4 Å². The zero-order chi connectivity index (χ0) is 13.0. The molecule has 18 heavy (non-hydrogen) atoms. The zero-order valence-electron chi connectivity index (χ0n) is 9.98. The van der Waals surface area contributed by atoms with Crippen molar-refractivity contribution in [3.05, 3.63) is 53.3 Å². The Morgan fingerprint density at radius 3 is 2.44 bits per heavy atom. The van der Waals surface area contributed by atoms with Gasteiger partial charge in [0.2, 0.25) is 0 Å². The van der Waals surface area contributed by atoms with Crippen LogP contribution in [0.4, 0.5) is 10.1 Å². The lowest BCUT2D eigenvalue weighted by atomic mass is 10.2. The van der Waals surface area contributed by atoms with Crippen molar-refractivity contribution in [1.29, 1.82) is 0 Å². The van der Waals surface area contributed by atoms with Crippen molar-refractivity contribution >= 4 is 17.3 Å². The minimum atomic E-state index is -0.235. The highest BCUT2D eigenvalue weighted by atomic mass is 35.5. The number of halogens is 2. The first-order chi connectivity index (χ1) is 8.69. The Labute approximate surface area is 110 Å². The molecule has 0 fully saturated rings. The standard InChI is InChI=1S/C13H13ClFN3/c1-2-18(12-5-3-10(15)4-6-12)9-11-7-17-13(14)8-16-11/h3-8H,2,9H2,1H3. The second-order valence-electron chi connectivity index (χ2n) is 3.82. The Kier molecular flexibility index (Phi) is 4.10. The molecule has 0 spiro atoms. The fraction of sp³-hybridized carbons (Fsp3) is 0.231. The first-order valence-electron chi connectivity index (χ1n) is 5.66. The summed E-state index contributed by atoms with van der Waals surface area (Å²) in [6, 6.07) is 6.40.